The number of benzene rings is 2. The number of hydrogen-bond acceptors (Lipinski definition) is 4. The molecule has 27 heavy (non-hydrogen) atoms. The molecule has 2 aliphatic heterocycles. The first-order valence-electron chi connectivity index (χ1n) is 9.54. The molecule has 2 aromatic rings. The third-order valence-corrected chi connectivity index (χ3v) is 5.80. The topological polar surface area (TPSA) is 38.8 Å². The van der Waals surface area contributed by atoms with Crippen molar-refractivity contribution >= 4 is 17.7 Å². The van der Waals surface area contributed by atoms with Crippen LogP contribution in [0.4, 0.5) is 0 Å². The molecule has 1 fully saturated rings. The normalized spacial score (nSPS) is 19.0. The maximum atomic E-state index is 13.1. The Hall–Kier alpha value is -2.14. The number of likely N-dealkylation sites (tertiary alicyclic amines) is 1. The minimum absolute atomic E-state index is 0.0977. The van der Waals surface area contributed by atoms with Crippen LogP contribution in [0.3, 0.4) is 0 Å². The van der Waals surface area contributed by atoms with E-state index >= 15 is 0 Å². The van der Waals surface area contributed by atoms with E-state index in [-0.39, 0.29) is 11.9 Å². The first kappa shape index (κ1) is 18.2. The van der Waals surface area contributed by atoms with Crippen molar-refractivity contribution in [3.8, 4) is 11.5 Å². The van der Waals surface area contributed by atoms with Gasteiger partial charge in [-0.05, 0) is 54.5 Å². The number of hydrogen-bond donors (Lipinski definition) is 0. The van der Waals surface area contributed by atoms with E-state index in [9.17, 15) is 4.79 Å². The van der Waals surface area contributed by atoms with Crippen LogP contribution in [-0.2, 0) is 5.75 Å². The molecule has 5 heteroatoms. The summed E-state index contributed by atoms with van der Waals surface area (Å²) in [7, 11) is 0. The van der Waals surface area contributed by atoms with E-state index < -0.39 is 0 Å². The van der Waals surface area contributed by atoms with E-state index in [1.165, 1.54) is 5.56 Å². The third kappa shape index (κ3) is 3.93. The lowest BCUT2D eigenvalue weighted by molar-refractivity contribution is 0.0735. The molecule has 2 aromatic carbocycles. The largest absolute Gasteiger partial charge is 0.490 e. The van der Waals surface area contributed by atoms with Gasteiger partial charge in [0.1, 0.15) is 0 Å². The highest BCUT2D eigenvalue weighted by molar-refractivity contribution is 7.97. The number of carbonyl (C=O) groups is 1. The van der Waals surface area contributed by atoms with Crippen LogP contribution in [0.25, 0.3) is 0 Å². The zero-order chi connectivity index (χ0) is 18.6. The first-order valence-corrected chi connectivity index (χ1v) is 10.9. The molecule has 0 spiro atoms. The van der Waals surface area contributed by atoms with Crippen molar-refractivity contribution < 1.29 is 14.3 Å². The summed E-state index contributed by atoms with van der Waals surface area (Å²) in [6.07, 6.45) is 4.99. The Morgan fingerprint density at radius 3 is 2.63 bits per heavy atom. The van der Waals surface area contributed by atoms with Crippen molar-refractivity contribution in [3.05, 3.63) is 59.2 Å². The van der Waals surface area contributed by atoms with Gasteiger partial charge in [-0.15, -0.1) is 0 Å². The Kier molecular flexibility index (Phi) is 5.58. The van der Waals surface area contributed by atoms with Crippen LogP contribution < -0.4 is 9.47 Å². The predicted molar refractivity (Wildman–Crippen MR) is 109 cm³/mol. The van der Waals surface area contributed by atoms with E-state index in [1.807, 2.05) is 23.1 Å². The third-order valence-electron chi connectivity index (χ3n) is 5.18. The highest BCUT2D eigenvalue weighted by Crippen LogP contribution is 2.38. The molecular weight excluding hydrogens is 358 g/mol. The predicted octanol–water partition coefficient (Wildman–Crippen LogP) is 4.69. The van der Waals surface area contributed by atoms with Gasteiger partial charge in [-0.1, -0.05) is 18.2 Å². The maximum Gasteiger partial charge on any atom is 0.254 e. The van der Waals surface area contributed by atoms with Gasteiger partial charge in [-0.3, -0.25) is 4.79 Å². The van der Waals surface area contributed by atoms with Gasteiger partial charge in [-0.2, -0.15) is 11.8 Å². The summed E-state index contributed by atoms with van der Waals surface area (Å²) in [5.41, 5.74) is 3.14. The van der Waals surface area contributed by atoms with Gasteiger partial charge >= 0.3 is 0 Å². The van der Waals surface area contributed by atoms with Gasteiger partial charge in [0.25, 0.3) is 5.91 Å². The minimum Gasteiger partial charge on any atom is -0.490 e. The second kappa shape index (κ2) is 8.26. The summed E-state index contributed by atoms with van der Waals surface area (Å²) < 4.78 is 11.6. The van der Waals surface area contributed by atoms with E-state index in [0.29, 0.717) is 13.2 Å². The number of ether oxygens (including phenoxy) is 2. The summed E-state index contributed by atoms with van der Waals surface area (Å²) in [6, 6.07) is 14.2. The monoisotopic (exact) mass is 383 g/mol. The number of rotatable bonds is 4. The van der Waals surface area contributed by atoms with Crippen molar-refractivity contribution in [1.82, 2.24) is 4.90 Å². The van der Waals surface area contributed by atoms with Gasteiger partial charge in [0.05, 0.1) is 19.3 Å². The fourth-order valence-electron chi connectivity index (χ4n) is 3.82. The molecule has 1 saturated heterocycles. The summed E-state index contributed by atoms with van der Waals surface area (Å²) in [6.45, 7) is 2.16. The molecule has 0 aliphatic carbocycles. The Bertz CT molecular complexity index is 806. The molecule has 1 atom stereocenters. The number of thioether (sulfide) groups is 1. The van der Waals surface area contributed by atoms with E-state index in [4.69, 9.17) is 9.47 Å². The van der Waals surface area contributed by atoms with Crippen molar-refractivity contribution in [2.24, 2.45) is 0 Å². The molecular formula is C22H25NO3S. The molecule has 0 bridgehead atoms. The molecule has 142 valence electrons. The van der Waals surface area contributed by atoms with Gasteiger partial charge in [0.15, 0.2) is 11.5 Å². The minimum atomic E-state index is 0.0977. The van der Waals surface area contributed by atoms with Crippen LogP contribution in [-0.4, -0.2) is 36.8 Å². The highest BCUT2D eigenvalue weighted by Gasteiger charge is 2.31. The number of amides is 1. The van der Waals surface area contributed by atoms with Crippen LogP contribution in [0, 0.1) is 0 Å². The second-order valence-corrected chi connectivity index (χ2v) is 7.91. The van der Waals surface area contributed by atoms with Gasteiger partial charge in [0, 0.05) is 24.3 Å². The van der Waals surface area contributed by atoms with E-state index in [2.05, 4.69) is 30.5 Å². The lowest BCUT2D eigenvalue weighted by Crippen LogP contribution is -2.30. The quantitative estimate of drug-likeness (QED) is 0.768. The van der Waals surface area contributed by atoms with Crippen molar-refractivity contribution in [3.63, 3.8) is 0 Å². The Labute approximate surface area is 164 Å². The number of nitrogens with zero attached hydrogens (tertiary/aromatic N) is 1. The summed E-state index contributed by atoms with van der Waals surface area (Å²) >= 11 is 1.79. The summed E-state index contributed by atoms with van der Waals surface area (Å²) in [4.78, 5) is 15.1. The molecule has 0 aromatic heterocycles. The number of carbonyl (C=O) groups excluding carboxylic acids is 1. The molecule has 2 heterocycles. The van der Waals surface area contributed by atoms with Crippen LogP contribution in [0.5, 0.6) is 11.5 Å². The molecule has 0 saturated carbocycles. The first-order chi connectivity index (χ1) is 13.3. The van der Waals surface area contributed by atoms with Crippen molar-refractivity contribution in [2.45, 2.75) is 31.1 Å². The molecule has 1 unspecified atom stereocenters. The fraction of sp³-hybridized carbons (Fsp3) is 0.409. The molecule has 4 rings (SSSR count). The second-order valence-electron chi connectivity index (χ2n) is 7.04. The summed E-state index contributed by atoms with van der Waals surface area (Å²) in [5.74, 6) is 2.68. The molecule has 1 amide bonds. The van der Waals surface area contributed by atoms with Crippen LogP contribution in [0.2, 0.25) is 0 Å². The Morgan fingerprint density at radius 2 is 1.85 bits per heavy atom. The SMILES string of the molecule is CSCc1ccc(C(=O)N2CCCC2c2ccc3c(c2)OCCCO3)cc1. The lowest BCUT2D eigenvalue weighted by Gasteiger charge is -2.26. The van der Waals surface area contributed by atoms with E-state index in [0.717, 1.165) is 54.2 Å². The number of fused-ring (bicyclic) bond motifs is 1. The zero-order valence-electron chi connectivity index (χ0n) is 15.6. The maximum absolute atomic E-state index is 13.1. The van der Waals surface area contributed by atoms with Crippen LogP contribution in [0.1, 0.15) is 46.8 Å². The zero-order valence-corrected chi connectivity index (χ0v) is 16.5. The molecule has 4 nitrogen and oxygen atoms in total. The van der Waals surface area contributed by atoms with Crippen LogP contribution >= 0.6 is 11.8 Å². The van der Waals surface area contributed by atoms with Crippen molar-refractivity contribution in [2.75, 3.05) is 26.0 Å². The van der Waals surface area contributed by atoms with Crippen LogP contribution in [0.15, 0.2) is 42.5 Å². The standard InChI is InChI=1S/C22H25NO3S/c1-27-15-16-5-7-17(8-6-16)22(24)23-11-2-4-19(23)18-9-10-20-21(14-18)26-13-3-12-25-20/h5-10,14,19H,2-4,11-13,15H2,1H3. The Balaban J connectivity index is 1.55. The molecule has 0 radical (unpaired) electrons. The fourth-order valence-corrected chi connectivity index (χ4v) is 4.35. The van der Waals surface area contributed by atoms with Gasteiger partial charge in [-0.25, -0.2) is 0 Å². The Morgan fingerprint density at radius 1 is 1.07 bits per heavy atom. The molecule has 0 N–H and O–H groups in total. The highest BCUT2D eigenvalue weighted by atomic mass is 32.2. The average molecular weight is 384 g/mol. The molecule has 2 aliphatic rings. The average Bonchev–Trinajstić information content (AvgIpc) is 3.07. The summed E-state index contributed by atoms with van der Waals surface area (Å²) in [5, 5.41) is 0. The lowest BCUT2D eigenvalue weighted by atomic mass is 10.0. The van der Waals surface area contributed by atoms with E-state index in [1.54, 1.807) is 11.8 Å². The smallest absolute Gasteiger partial charge is 0.254 e. The van der Waals surface area contributed by atoms with Gasteiger partial charge in [0.2, 0.25) is 0 Å². The van der Waals surface area contributed by atoms with Crippen molar-refractivity contribution in [1.29, 1.82) is 0 Å². The van der Waals surface area contributed by atoms with Gasteiger partial charge < -0.3 is 14.4 Å².